The molecule has 6 N–H and O–H groups in total. The molecule has 322 valence electrons. The molecule has 0 radical (unpaired) electrons. The Morgan fingerprint density at radius 1 is 0.600 bits per heavy atom. The van der Waals surface area contributed by atoms with Crippen LogP contribution in [0.2, 0.25) is 0 Å². The molecule has 2 saturated heterocycles. The lowest BCUT2D eigenvalue weighted by atomic mass is 9.87. The van der Waals surface area contributed by atoms with Gasteiger partial charge in [0.1, 0.15) is 24.2 Å². The molecule has 60 heavy (non-hydrogen) atoms. The van der Waals surface area contributed by atoms with Gasteiger partial charge in [-0.05, 0) is 114 Å². The van der Waals surface area contributed by atoms with Crippen LogP contribution in [0.4, 0.5) is 0 Å². The molecule has 6 rings (SSSR count). The molecule has 6 amide bonds. The Bertz CT molecular complexity index is 1830. The van der Waals surface area contributed by atoms with Gasteiger partial charge in [-0.15, -0.1) is 11.8 Å². The van der Waals surface area contributed by atoms with Gasteiger partial charge in [0.25, 0.3) is 0 Å². The summed E-state index contributed by atoms with van der Waals surface area (Å²) in [5.41, 5.74) is 4.66. The van der Waals surface area contributed by atoms with E-state index in [1.54, 1.807) is 37.7 Å². The average Bonchev–Trinajstić information content (AvgIpc) is 3.97. The normalized spacial score (nSPS) is 22.7. The monoisotopic (exact) mass is 822 g/mol. The summed E-state index contributed by atoms with van der Waals surface area (Å²) >= 11 is 0. The summed E-state index contributed by atoms with van der Waals surface area (Å²) in [6.45, 7) is 4.09. The van der Waals surface area contributed by atoms with Crippen LogP contribution in [0, 0.1) is 11.8 Å². The number of nitrogens with zero attached hydrogens (tertiary/aromatic N) is 2. The van der Waals surface area contributed by atoms with E-state index in [-0.39, 0.29) is 36.7 Å². The van der Waals surface area contributed by atoms with Crippen molar-refractivity contribution >= 4 is 35.4 Å². The number of benzene rings is 2. The zero-order valence-electron chi connectivity index (χ0n) is 35.5. The molecule has 8 atom stereocenters. The molecule has 14 heteroatoms. The Kier molecular flexibility index (Phi) is 15.4. The third-order valence-electron chi connectivity index (χ3n) is 12.7. The predicted molar refractivity (Wildman–Crippen MR) is 228 cm³/mol. The van der Waals surface area contributed by atoms with Crippen molar-refractivity contribution in [3.05, 3.63) is 70.8 Å². The zero-order valence-corrected chi connectivity index (χ0v) is 35.5. The van der Waals surface area contributed by atoms with E-state index in [0.717, 1.165) is 49.7 Å². The van der Waals surface area contributed by atoms with Crippen LogP contribution in [0.1, 0.15) is 112 Å². The SMILES string of the molecule is CN[C@@H](C)C(=O)N[C@@H](CC#CC[C@H](NC(=O)[C@H](C)NC)C(=O)N1CCC[C@H]1C(=O)N[C@@H]1CCCc2ccccc21)C(=O)N1CCC[C@H]1C(=O)N[C@@H]1CCCc2ccccc21. The number of amides is 6. The summed E-state index contributed by atoms with van der Waals surface area (Å²) < 4.78 is 0. The van der Waals surface area contributed by atoms with E-state index in [4.69, 9.17) is 0 Å². The van der Waals surface area contributed by atoms with E-state index in [1.807, 2.05) is 36.4 Å². The van der Waals surface area contributed by atoms with Gasteiger partial charge in [0, 0.05) is 25.9 Å². The zero-order chi connectivity index (χ0) is 42.8. The van der Waals surface area contributed by atoms with Crippen LogP contribution < -0.4 is 31.9 Å². The first kappa shape index (κ1) is 44.3. The fourth-order valence-corrected chi connectivity index (χ4v) is 8.95. The molecular formula is C46H62N8O6. The van der Waals surface area contributed by atoms with E-state index in [0.29, 0.717) is 38.8 Å². The van der Waals surface area contributed by atoms with E-state index in [1.165, 1.54) is 11.1 Å². The third-order valence-corrected chi connectivity index (χ3v) is 12.7. The maximum atomic E-state index is 14.3. The number of likely N-dealkylation sites (tertiary alicyclic amines) is 2. The van der Waals surface area contributed by atoms with Crippen LogP contribution in [-0.4, -0.2) is 109 Å². The topological polar surface area (TPSA) is 181 Å². The standard InChI is InChI=1S/C46H62N8O6/c1-29(47-3)41(55)51-37(45(59)53-27-13-25-39(53)43(57)49-35-23-11-17-31-15-5-7-19-33(31)35)21-9-10-22-38(52-42(56)30(2)48-4)46(60)54-28-14-26-40(54)44(58)50-36-24-12-18-32-16-6-8-20-34(32)36/h5-8,15-16,19-20,29-30,35-40,47-48H,11-14,17-18,21-28H2,1-4H3,(H,49,57)(H,50,58)(H,51,55)(H,52,56)/t29-,30-,35+,36+,37-,38-,39-,40-/m0/s1. The van der Waals surface area contributed by atoms with E-state index >= 15 is 0 Å². The Hall–Kier alpha value is -5.26. The lowest BCUT2D eigenvalue weighted by Crippen LogP contribution is -2.56. The van der Waals surface area contributed by atoms with Crippen LogP contribution in [0.25, 0.3) is 0 Å². The number of carbonyl (C=O) groups excluding carboxylic acids is 6. The number of hydrogen-bond acceptors (Lipinski definition) is 8. The van der Waals surface area contributed by atoms with Crippen molar-refractivity contribution in [3.63, 3.8) is 0 Å². The number of likely N-dealkylation sites (N-methyl/N-ethyl adjacent to an activating group) is 2. The number of carbonyl (C=O) groups is 6. The second-order valence-electron chi connectivity index (χ2n) is 16.6. The number of rotatable bonds is 14. The molecule has 2 heterocycles. The number of hydrogen-bond donors (Lipinski definition) is 6. The number of nitrogens with one attached hydrogen (secondary N) is 6. The summed E-state index contributed by atoms with van der Waals surface area (Å²) in [5.74, 6) is 4.00. The quantitative estimate of drug-likeness (QED) is 0.157. The highest BCUT2D eigenvalue weighted by Gasteiger charge is 2.40. The average molecular weight is 823 g/mol. The van der Waals surface area contributed by atoms with Crippen LogP contribution in [0.3, 0.4) is 0 Å². The molecule has 2 aromatic carbocycles. The molecule has 0 aromatic heterocycles. The Morgan fingerprint density at radius 3 is 1.40 bits per heavy atom. The molecule has 2 aliphatic carbocycles. The van der Waals surface area contributed by atoms with Gasteiger partial charge >= 0.3 is 0 Å². The molecule has 4 aliphatic rings. The van der Waals surface area contributed by atoms with Crippen molar-refractivity contribution < 1.29 is 28.8 Å². The van der Waals surface area contributed by atoms with Crippen molar-refractivity contribution in [3.8, 4) is 11.8 Å². The summed E-state index contributed by atoms with van der Waals surface area (Å²) in [4.78, 5) is 85.5. The van der Waals surface area contributed by atoms with Crippen molar-refractivity contribution in [1.82, 2.24) is 41.7 Å². The fourth-order valence-electron chi connectivity index (χ4n) is 8.95. The van der Waals surface area contributed by atoms with Gasteiger partial charge in [-0.25, -0.2) is 0 Å². The highest BCUT2D eigenvalue weighted by atomic mass is 16.2. The van der Waals surface area contributed by atoms with E-state index < -0.39 is 59.9 Å². The summed E-state index contributed by atoms with van der Waals surface area (Å²) in [5, 5.41) is 17.9. The summed E-state index contributed by atoms with van der Waals surface area (Å²) in [6, 6.07) is 11.3. The van der Waals surface area contributed by atoms with Crippen molar-refractivity contribution in [2.75, 3.05) is 27.2 Å². The van der Waals surface area contributed by atoms with Gasteiger partial charge in [-0.1, -0.05) is 48.5 Å². The van der Waals surface area contributed by atoms with Gasteiger partial charge in [0.05, 0.1) is 24.2 Å². The van der Waals surface area contributed by atoms with Crippen LogP contribution in [0.15, 0.2) is 48.5 Å². The third kappa shape index (κ3) is 10.5. The van der Waals surface area contributed by atoms with Crippen LogP contribution >= 0.6 is 0 Å². The molecule has 0 spiro atoms. The van der Waals surface area contributed by atoms with Crippen LogP contribution in [0.5, 0.6) is 0 Å². The van der Waals surface area contributed by atoms with E-state index in [9.17, 15) is 28.8 Å². The molecule has 0 bridgehead atoms. The molecule has 2 fully saturated rings. The molecule has 14 nitrogen and oxygen atoms in total. The smallest absolute Gasteiger partial charge is 0.246 e. The van der Waals surface area contributed by atoms with E-state index in [2.05, 4.69) is 55.9 Å². The molecule has 2 aliphatic heterocycles. The molecule has 2 aromatic rings. The number of fused-ring (bicyclic) bond motifs is 2. The largest absolute Gasteiger partial charge is 0.347 e. The Balaban J connectivity index is 1.15. The second kappa shape index (κ2) is 20.8. The second-order valence-corrected chi connectivity index (χ2v) is 16.6. The predicted octanol–water partition coefficient (Wildman–Crippen LogP) is 2.33. The van der Waals surface area contributed by atoms with Crippen LogP contribution in [-0.2, 0) is 41.6 Å². The molecular weight excluding hydrogens is 761 g/mol. The minimum absolute atomic E-state index is 0.0821. The first-order chi connectivity index (χ1) is 29.0. The van der Waals surface area contributed by atoms with Crippen molar-refractivity contribution in [2.24, 2.45) is 0 Å². The highest BCUT2D eigenvalue weighted by molar-refractivity contribution is 5.95. The van der Waals surface area contributed by atoms with Gasteiger partial charge in [0.15, 0.2) is 0 Å². The highest BCUT2D eigenvalue weighted by Crippen LogP contribution is 2.32. The lowest BCUT2D eigenvalue weighted by molar-refractivity contribution is -0.141. The van der Waals surface area contributed by atoms with Crippen molar-refractivity contribution in [1.29, 1.82) is 0 Å². The number of aryl methyl sites for hydroxylation is 2. The first-order valence-electron chi connectivity index (χ1n) is 21.8. The Labute approximate surface area is 354 Å². The minimum Gasteiger partial charge on any atom is -0.347 e. The first-order valence-corrected chi connectivity index (χ1v) is 21.8. The van der Waals surface area contributed by atoms with Crippen molar-refractivity contribution in [2.45, 2.75) is 139 Å². The van der Waals surface area contributed by atoms with Gasteiger partial charge in [0.2, 0.25) is 35.4 Å². The summed E-state index contributed by atoms with van der Waals surface area (Å²) in [7, 11) is 3.30. The Morgan fingerprint density at radius 2 is 1.00 bits per heavy atom. The maximum Gasteiger partial charge on any atom is 0.246 e. The molecule has 0 saturated carbocycles. The van der Waals surface area contributed by atoms with Gasteiger partial charge in [-0.3, -0.25) is 28.8 Å². The fraction of sp³-hybridized carbons (Fsp3) is 0.565. The van der Waals surface area contributed by atoms with Gasteiger partial charge < -0.3 is 41.7 Å². The van der Waals surface area contributed by atoms with Gasteiger partial charge in [-0.2, -0.15) is 0 Å². The molecule has 0 unspecified atom stereocenters. The maximum absolute atomic E-state index is 14.3. The minimum atomic E-state index is -1.06. The lowest BCUT2D eigenvalue weighted by Gasteiger charge is -2.31. The summed E-state index contributed by atoms with van der Waals surface area (Å²) in [6.07, 6.45) is 7.61.